The van der Waals surface area contributed by atoms with Crippen LogP contribution in [0, 0.1) is 0 Å². The normalized spacial score (nSPS) is 18.6. The Morgan fingerprint density at radius 1 is 1.20 bits per heavy atom. The van der Waals surface area contributed by atoms with Crippen molar-refractivity contribution in [1.29, 1.82) is 0 Å². The topological polar surface area (TPSA) is 48.9 Å². The van der Waals surface area contributed by atoms with Gasteiger partial charge in [0.2, 0.25) is 0 Å². The van der Waals surface area contributed by atoms with Gasteiger partial charge in [-0.1, -0.05) is 6.92 Å². The average molecular weight is 398 g/mol. The lowest BCUT2D eigenvalue weighted by Crippen LogP contribution is -2.51. The second-order valence-corrected chi connectivity index (χ2v) is 5.35. The van der Waals surface area contributed by atoms with Crippen molar-refractivity contribution in [3.63, 3.8) is 0 Å². The van der Waals surface area contributed by atoms with E-state index < -0.39 is 0 Å². The largest absolute Gasteiger partial charge is 0.381 e. The Morgan fingerprint density at radius 2 is 1.85 bits per heavy atom. The third-order valence-corrected chi connectivity index (χ3v) is 3.79. The first kappa shape index (κ1) is 19.9. The summed E-state index contributed by atoms with van der Waals surface area (Å²) in [5, 5.41) is 6.66. The summed E-state index contributed by atoms with van der Waals surface area (Å²) in [6.45, 7) is 8.62. The van der Waals surface area contributed by atoms with Crippen LogP contribution < -0.4 is 10.6 Å². The molecule has 20 heavy (non-hydrogen) atoms. The second kappa shape index (κ2) is 10.6. The first-order valence-corrected chi connectivity index (χ1v) is 7.42. The molecule has 0 aromatic heterocycles. The molecular formula is C14H31IN4O. The zero-order valence-electron chi connectivity index (χ0n) is 13.4. The van der Waals surface area contributed by atoms with E-state index in [0.29, 0.717) is 0 Å². The van der Waals surface area contributed by atoms with E-state index in [0.717, 1.165) is 58.1 Å². The van der Waals surface area contributed by atoms with E-state index in [2.05, 4.69) is 43.5 Å². The summed E-state index contributed by atoms with van der Waals surface area (Å²) in [4.78, 5) is 7.07. The van der Waals surface area contributed by atoms with Crippen molar-refractivity contribution in [2.45, 2.75) is 38.6 Å². The van der Waals surface area contributed by atoms with E-state index in [1.165, 1.54) is 0 Å². The monoisotopic (exact) mass is 398 g/mol. The highest BCUT2D eigenvalue weighted by Gasteiger charge is 2.34. The number of hydrogen-bond donors (Lipinski definition) is 2. The molecule has 0 atom stereocenters. The molecule has 0 aromatic carbocycles. The molecule has 120 valence electrons. The number of nitrogens with one attached hydrogen (secondary N) is 2. The second-order valence-electron chi connectivity index (χ2n) is 5.35. The molecule has 0 aromatic rings. The molecule has 0 bridgehead atoms. The van der Waals surface area contributed by atoms with Gasteiger partial charge in [0, 0.05) is 31.8 Å². The molecule has 1 heterocycles. The smallest absolute Gasteiger partial charge is 0.191 e. The Hall–Kier alpha value is -0.0800. The molecule has 0 amide bonds. The third-order valence-electron chi connectivity index (χ3n) is 3.79. The lowest BCUT2D eigenvalue weighted by molar-refractivity contribution is -0.00254. The van der Waals surface area contributed by atoms with Crippen molar-refractivity contribution in [2.24, 2.45) is 4.99 Å². The maximum absolute atomic E-state index is 5.49. The lowest BCUT2D eigenvalue weighted by Gasteiger charge is -2.41. The van der Waals surface area contributed by atoms with Crippen LogP contribution in [0.2, 0.25) is 0 Å². The minimum Gasteiger partial charge on any atom is -0.381 e. The van der Waals surface area contributed by atoms with Gasteiger partial charge >= 0.3 is 0 Å². The quantitative estimate of drug-likeness (QED) is 0.406. The zero-order valence-corrected chi connectivity index (χ0v) is 15.7. The Bertz CT molecular complexity index is 278. The Balaban J connectivity index is 0.00000361. The van der Waals surface area contributed by atoms with Crippen LogP contribution >= 0.6 is 24.0 Å². The standard InChI is InChI=1S/C14H30N4O.HI/c1-5-9-16-13(15-6-2)17-12-14(18(3)4)7-10-19-11-8-14;/h5-12H2,1-4H3,(H2,15,16,17);1H. The molecule has 1 saturated heterocycles. The molecule has 1 aliphatic rings. The highest BCUT2D eigenvalue weighted by Crippen LogP contribution is 2.26. The van der Waals surface area contributed by atoms with Gasteiger partial charge in [-0.25, -0.2) is 0 Å². The molecular weight excluding hydrogens is 367 g/mol. The molecule has 0 radical (unpaired) electrons. The molecule has 6 heteroatoms. The maximum atomic E-state index is 5.49. The van der Waals surface area contributed by atoms with Crippen LogP contribution in [-0.2, 0) is 4.74 Å². The number of rotatable bonds is 6. The molecule has 0 spiro atoms. The minimum atomic E-state index is 0. The molecule has 1 aliphatic heterocycles. The van der Waals surface area contributed by atoms with Gasteiger partial charge < -0.3 is 20.3 Å². The molecule has 0 saturated carbocycles. The first-order chi connectivity index (χ1) is 9.14. The summed E-state index contributed by atoms with van der Waals surface area (Å²) in [5.74, 6) is 0.928. The zero-order chi connectivity index (χ0) is 14.1. The fraction of sp³-hybridized carbons (Fsp3) is 0.929. The Morgan fingerprint density at radius 3 is 2.35 bits per heavy atom. The highest BCUT2D eigenvalue weighted by molar-refractivity contribution is 14.0. The highest BCUT2D eigenvalue weighted by atomic mass is 127. The summed E-state index contributed by atoms with van der Waals surface area (Å²) in [5.41, 5.74) is 0.146. The molecule has 0 unspecified atom stereocenters. The molecule has 0 aliphatic carbocycles. The summed E-state index contributed by atoms with van der Waals surface area (Å²) < 4.78 is 5.49. The van der Waals surface area contributed by atoms with Crippen molar-refractivity contribution in [2.75, 3.05) is 46.9 Å². The molecule has 2 N–H and O–H groups in total. The van der Waals surface area contributed by atoms with Gasteiger partial charge in [-0.3, -0.25) is 4.99 Å². The summed E-state index contributed by atoms with van der Waals surface area (Å²) in [6, 6.07) is 0. The van der Waals surface area contributed by atoms with E-state index in [1.54, 1.807) is 0 Å². The van der Waals surface area contributed by atoms with E-state index in [9.17, 15) is 0 Å². The van der Waals surface area contributed by atoms with E-state index in [-0.39, 0.29) is 29.5 Å². The average Bonchev–Trinajstić information content (AvgIpc) is 2.43. The van der Waals surface area contributed by atoms with Crippen molar-refractivity contribution in [3.05, 3.63) is 0 Å². The van der Waals surface area contributed by atoms with Gasteiger partial charge in [0.05, 0.1) is 6.54 Å². The number of halogens is 1. The fourth-order valence-corrected chi connectivity index (χ4v) is 2.31. The first-order valence-electron chi connectivity index (χ1n) is 7.42. The van der Waals surface area contributed by atoms with Gasteiger partial charge in [0.15, 0.2) is 5.96 Å². The van der Waals surface area contributed by atoms with Gasteiger partial charge in [-0.2, -0.15) is 0 Å². The third kappa shape index (κ3) is 6.13. The van der Waals surface area contributed by atoms with Crippen molar-refractivity contribution < 1.29 is 4.74 Å². The molecule has 5 nitrogen and oxygen atoms in total. The maximum Gasteiger partial charge on any atom is 0.191 e. The predicted molar refractivity (Wildman–Crippen MR) is 96.2 cm³/mol. The fourth-order valence-electron chi connectivity index (χ4n) is 2.31. The van der Waals surface area contributed by atoms with E-state index in [4.69, 9.17) is 9.73 Å². The summed E-state index contributed by atoms with van der Waals surface area (Å²) in [7, 11) is 4.29. The SMILES string of the molecule is CCCNC(=NCC1(N(C)C)CCOCC1)NCC.I. The van der Waals surface area contributed by atoms with Crippen molar-refractivity contribution >= 4 is 29.9 Å². The van der Waals surface area contributed by atoms with Crippen LogP contribution in [-0.4, -0.2) is 63.3 Å². The number of guanidine groups is 1. The van der Waals surface area contributed by atoms with Crippen LogP contribution in [0.25, 0.3) is 0 Å². The summed E-state index contributed by atoms with van der Waals surface area (Å²) in [6.07, 6.45) is 3.21. The van der Waals surface area contributed by atoms with Crippen molar-refractivity contribution in [3.8, 4) is 0 Å². The van der Waals surface area contributed by atoms with Crippen LogP contribution in [0.4, 0.5) is 0 Å². The number of ether oxygens (including phenoxy) is 1. The van der Waals surface area contributed by atoms with Crippen LogP contribution in [0.15, 0.2) is 4.99 Å². The van der Waals surface area contributed by atoms with Gasteiger partial charge in [0.1, 0.15) is 0 Å². The van der Waals surface area contributed by atoms with Crippen LogP contribution in [0.3, 0.4) is 0 Å². The Kier molecular flexibility index (Phi) is 10.6. The number of hydrogen-bond acceptors (Lipinski definition) is 3. The number of aliphatic imine (C=N–C) groups is 1. The molecule has 1 rings (SSSR count). The van der Waals surface area contributed by atoms with Crippen LogP contribution in [0.5, 0.6) is 0 Å². The molecule has 1 fully saturated rings. The summed E-state index contributed by atoms with van der Waals surface area (Å²) >= 11 is 0. The number of likely N-dealkylation sites (N-methyl/N-ethyl adjacent to an activating group) is 1. The van der Waals surface area contributed by atoms with Crippen LogP contribution in [0.1, 0.15) is 33.1 Å². The van der Waals surface area contributed by atoms with Gasteiger partial charge in [0.25, 0.3) is 0 Å². The minimum absolute atomic E-state index is 0. The van der Waals surface area contributed by atoms with E-state index in [1.807, 2.05) is 0 Å². The van der Waals surface area contributed by atoms with Gasteiger partial charge in [-0.15, -0.1) is 24.0 Å². The van der Waals surface area contributed by atoms with Crippen molar-refractivity contribution in [1.82, 2.24) is 15.5 Å². The van der Waals surface area contributed by atoms with E-state index >= 15 is 0 Å². The Labute approximate surface area is 140 Å². The number of nitrogens with zero attached hydrogens (tertiary/aromatic N) is 2. The predicted octanol–water partition coefficient (Wildman–Crippen LogP) is 1.68. The van der Waals surface area contributed by atoms with Gasteiger partial charge in [-0.05, 0) is 40.3 Å². The lowest BCUT2D eigenvalue weighted by atomic mass is 9.89.